The third kappa shape index (κ3) is 3.36. The molecule has 3 fully saturated rings. The van der Waals surface area contributed by atoms with Crippen LogP contribution in [0.2, 0.25) is 0 Å². The van der Waals surface area contributed by atoms with E-state index < -0.39 is 5.97 Å². The van der Waals surface area contributed by atoms with Crippen molar-refractivity contribution < 1.29 is 9.90 Å². The van der Waals surface area contributed by atoms with Gasteiger partial charge in [-0.05, 0) is 69.2 Å². The van der Waals surface area contributed by atoms with Gasteiger partial charge in [0.25, 0.3) is 0 Å². The average molecular weight is 457 g/mol. The predicted octanol–water partition coefficient (Wildman–Crippen LogP) is 4.84. The summed E-state index contributed by atoms with van der Waals surface area (Å²) in [6.07, 6.45) is 6.78. The number of aromatic carboxylic acids is 1. The van der Waals surface area contributed by atoms with Crippen molar-refractivity contribution in [3.63, 3.8) is 0 Å². The third-order valence-corrected chi connectivity index (χ3v) is 7.46. The first-order valence-corrected chi connectivity index (χ1v) is 12.0. The highest BCUT2D eigenvalue weighted by Crippen LogP contribution is 2.39. The van der Waals surface area contributed by atoms with Gasteiger partial charge in [0, 0.05) is 29.2 Å². The standard InChI is InChI=1S/C26H28N6O2/c1-15-11-20(16(2)28-22-6-4-3-5-19(22)25(33)34)23-21(12-15)24-30-27-14-32(24)26(29-23)31-13-17-7-9-18(31)10-8-17/h3-6,11-12,14,16-18,28H,7-10,13H2,1-2H3,(H,33,34). The molecule has 2 aromatic heterocycles. The Kier molecular flexibility index (Phi) is 4.90. The maximum atomic E-state index is 11.7. The second kappa shape index (κ2) is 7.97. The Morgan fingerprint density at radius 2 is 1.97 bits per heavy atom. The summed E-state index contributed by atoms with van der Waals surface area (Å²) < 4.78 is 2.03. The average Bonchev–Trinajstić information content (AvgIpc) is 3.34. The minimum Gasteiger partial charge on any atom is -0.478 e. The van der Waals surface area contributed by atoms with E-state index in [1.54, 1.807) is 24.5 Å². The Bertz CT molecular complexity index is 1410. The second-order valence-corrected chi connectivity index (χ2v) is 9.73. The van der Waals surface area contributed by atoms with E-state index in [1.807, 2.05) is 17.4 Å². The predicted molar refractivity (Wildman–Crippen MR) is 132 cm³/mol. The molecule has 8 nitrogen and oxygen atoms in total. The summed E-state index contributed by atoms with van der Waals surface area (Å²) in [7, 11) is 0. The van der Waals surface area contributed by atoms with Crippen molar-refractivity contribution in [2.24, 2.45) is 5.92 Å². The number of hydrogen-bond donors (Lipinski definition) is 2. The van der Waals surface area contributed by atoms with Gasteiger partial charge in [-0.2, -0.15) is 0 Å². The number of piperidine rings is 2. The molecule has 2 N–H and O–H groups in total. The molecular formula is C26H28N6O2. The minimum absolute atomic E-state index is 0.161. The van der Waals surface area contributed by atoms with Crippen LogP contribution in [-0.4, -0.2) is 43.2 Å². The molecule has 7 rings (SSSR count). The molecule has 1 unspecified atom stereocenters. The number of hydrogen-bond acceptors (Lipinski definition) is 6. The molecule has 0 amide bonds. The minimum atomic E-state index is -0.949. The lowest BCUT2D eigenvalue weighted by Crippen LogP contribution is -2.49. The van der Waals surface area contributed by atoms with Crippen LogP contribution in [0.15, 0.2) is 42.7 Å². The smallest absolute Gasteiger partial charge is 0.337 e. The van der Waals surface area contributed by atoms with E-state index in [2.05, 4.69) is 39.5 Å². The van der Waals surface area contributed by atoms with Crippen molar-refractivity contribution in [1.29, 1.82) is 0 Å². The molecule has 0 spiro atoms. The molecule has 4 heterocycles. The highest BCUT2D eigenvalue weighted by atomic mass is 16.4. The van der Waals surface area contributed by atoms with Crippen LogP contribution in [0, 0.1) is 12.8 Å². The number of aryl methyl sites for hydroxylation is 1. The van der Waals surface area contributed by atoms with Crippen molar-refractivity contribution in [2.75, 3.05) is 16.8 Å². The summed E-state index contributed by atoms with van der Waals surface area (Å²) in [6.45, 7) is 5.13. The normalized spacial score (nSPS) is 20.7. The third-order valence-electron chi connectivity index (χ3n) is 7.46. The monoisotopic (exact) mass is 456 g/mol. The van der Waals surface area contributed by atoms with Crippen LogP contribution in [0.5, 0.6) is 0 Å². The van der Waals surface area contributed by atoms with E-state index in [1.165, 1.54) is 25.7 Å². The van der Waals surface area contributed by atoms with Gasteiger partial charge in [0.05, 0.1) is 17.1 Å². The lowest BCUT2D eigenvalue weighted by Gasteiger charge is -2.45. The zero-order chi connectivity index (χ0) is 23.4. The summed E-state index contributed by atoms with van der Waals surface area (Å²) in [5.41, 5.74) is 4.65. The fraction of sp³-hybridized carbons (Fsp3) is 0.385. The number of rotatable bonds is 5. The van der Waals surface area contributed by atoms with Gasteiger partial charge in [0.2, 0.25) is 5.95 Å². The first-order chi connectivity index (χ1) is 16.5. The highest BCUT2D eigenvalue weighted by molar-refractivity contribution is 5.96. The summed E-state index contributed by atoms with van der Waals surface area (Å²) in [5.74, 6) is 0.680. The number of para-hydroxylation sites is 1. The van der Waals surface area contributed by atoms with Gasteiger partial charge in [0.15, 0.2) is 5.65 Å². The quantitative estimate of drug-likeness (QED) is 0.444. The van der Waals surface area contributed by atoms with Gasteiger partial charge in [-0.25, -0.2) is 9.78 Å². The number of anilines is 2. The lowest BCUT2D eigenvalue weighted by molar-refractivity contribution is 0.0698. The van der Waals surface area contributed by atoms with E-state index >= 15 is 0 Å². The van der Waals surface area contributed by atoms with Crippen LogP contribution in [-0.2, 0) is 0 Å². The van der Waals surface area contributed by atoms with Crippen LogP contribution >= 0.6 is 0 Å². The van der Waals surface area contributed by atoms with E-state index in [0.717, 1.165) is 46.1 Å². The summed E-state index contributed by atoms with van der Waals surface area (Å²) >= 11 is 0. The zero-order valence-electron chi connectivity index (χ0n) is 19.4. The number of carboxylic acids is 1. The number of benzene rings is 2. The number of carboxylic acid groups (broad SMARTS) is 1. The molecule has 2 aromatic carbocycles. The van der Waals surface area contributed by atoms with E-state index in [0.29, 0.717) is 11.7 Å². The van der Waals surface area contributed by atoms with Gasteiger partial charge >= 0.3 is 5.97 Å². The Balaban J connectivity index is 1.49. The van der Waals surface area contributed by atoms with Crippen LogP contribution < -0.4 is 10.2 Å². The molecule has 1 saturated carbocycles. The lowest BCUT2D eigenvalue weighted by atomic mass is 9.80. The van der Waals surface area contributed by atoms with E-state index in [9.17, 15) is 9.90 Å². The topological polar surface area (TPSA) is 95.6 Å². The van der Waals surface area contributed by atoms with Crippen LogP contribution in [0.3, 0.4) is 0 Å². The number of nitrogens with one attached hydrogen (secondary N) is 1. The molecule has 0 radical (unpaired) electrons. The highest BCUT2D eigenvalue weighted by Gasteiger charge is 2.36. The van der Waals surface area contributed by atoms with E-state index in [-0.39, 0.29) is 11.6 Å². The van der Waals surface area contributed by atoms with Gasteiger partial charge < -0.3 is 15.3 Å². The summed E-state index contributed by atoms with van der Waals surface area (Å²) in [4.78, 5) is 19.4. The van der Waals surface area contributed by atoms with Crippen LogP contribution in [0.25, 0.3) is 16.6 Å². The first kappa shape index (κ1) is 20.9. The van der Waals surface area contributed by atoms with Crippen LogP contribution in [0.1, 0.15) is 60.1 Å². The Labute approximate surface area is 197 Å². The Hall–Kier alpha value is -3.68. The summed E-state index contributed by atoms with van der Waals surface area (Å²) in [5, 5.41) is 22.7. The van der Waals surface area contributed by atoms with Crippen molar-refractivity contribution in [3.05, 3.63) is 59.4 Å². The molecule has 34 heavy (non-hydrogen) atoms. The van der Waals surface area contributed by atoms with Gasteiger partial charge in [-0.1, -0.05) is 18.2 Å². The Morgan fingerprint density at radius 1 is 1.18 bits per heavy atom. The maximum absolute atomic E-state index is 11.7. The molecule has 2 saturated heterocycles. The fourth-order valence-corrected chi connectivity index (χ4v) is 5.77. The van der Waals surface area contributed by atoms with Crippen molar-refractivity contribution in [1.82, 2.24) is 19.6 Å². The molecule has 2 bridgehead atoms. The maximum Gasteiger partial charge on any atom is 0.337 e. The van der Waals surface area contributed by atoms with Crippen LogP contribution in [0.4, 0.5) is 11.6 Å². The molecule has 4 aromatic rings. The molecular weight excluding hydrogens is 428 g/mol. The van der Waals surface area contributed by atoms with Gasteiger partial charge in [-0.15, -0.1) is 10.2 Å². The van der Waals surface area contributed by atoms with Gasteiger partial charge in [-0.3, -0.25) is 4.40 Å². The molecule has 8 heteroatoms. The number of nitrogens with zero attached hydrogens (tertiary/aromatic N) is 5. The molecule has 1 aliphatic carbocycles. The molecule has 3 aliphatic rings. The summed E-state index contributed by atoms with van der Waals surface area (Å²) in [6, 6.07) is 11.6. The zero-order valence-corrected chi connectivity index (χ0v) is 19.4. The number of fused-ring (bicyclic) bond motifs is 6. The number of carbonyl (C=O) groups is 1. The SMILES string of the molecule is Cc1cc(C(C)Nc2ccccc2C(=O)O)c2nc(N3CC4CCC3CC4)n3cnnc3c2c1. The first-order valence-electron chi connectivity index (χ1n) is 12.0. The van der Waals surface area contributed by atoms with E-state index in [4.69, 9.17) is 4.98 Å². The largest absolute Gasteiger partial charge is 0.478 e. The molecule has 1 atom stereocenters. The Morgan fingerprint density at radius 3 is 2.71 bits per heavy atom. The van der Waals surface area contributed by atoms with Gasteiger partial charge in [0.1, 0.15) is 6.33 Å². The van der Waals surface area contributed by atoms with Crippen molar-refractivity contribution in [3.8, 4) is 0 Å². The molecule has 2 aliphatic heterocycles. The second-order valence-electron chi connectivity index (χ2n) is 9.73. The number of aromatic nitrogens is 4. The fourth-order valence-electron chi connectivity index (χ4n) is 5.77. The molecule has 174 valence electrons. The van der Waals surface area contributed by atoms with Crippen molar-refractivity contribution >= 4 is 34.2 Å². The van der Waals surface area contributed by atoms with Crippen molar-refractivity contribution in [2.45, 2.75) is 51.6 Å².